The standard InChI is InChI=1S/C19H28N2O3/c1-19(2,3)24-18(22)21-14-12-20(13-15-21)11-5-6-16-7-9-17(23-4)10-8-16/h5-10H,11-15H2,1-4H3/b6-5+. The molecule has 1 heterocycles. The van der Waals surface area contributed by atoms with Gasteiger partial charge in [-0.25, -0.2) is 4.79 Å². The summed E-state index contributed by atoms with van der Waals surface area (Å²) in [5.41, 5.74) is 0.721. The summed E-state index contributed by atoms with van der Waals surface area (Å²) in [6.45, 7) is 9.73. The molecule has 1 aromatic carbocycles. The van der Waals surface area contributed by atoms with Gasteiger partial charge in [0.2, 0.25) is 0 Å². The molecule has 0 spiro atoms. The Morgan fingerprint density at radius 1 is 1.12 bits per heavy atom. The number of benzene rings is 1. The average molecular weight is 332 g/mol. The van der Waals surface area contributed by atoms with Crippen molar-refractivity contribution < 1.29 is 14.3 Å². The number of piperazine rings is 1. The molecule has 0 bridgehead atoms. The number of hydrogen-bond acceptors (Lipinski definition) is 4. The van der Waals surface area contributed by atoms with Crippen molar-refractivity contribution in [3.8, 4) is 5.75 Å². The van der Waals surface area contributed by atoms with Crippen LogP contribution in [0.25, 0.3) is 6.08 Å². The lowest BCUT2D eigenvalue weighted by molar-refractivity contribution is 0.0154. The molecule has 1 fully saturated rings. The van der Waals surface area contributed by atoms with Crippen LogP contribution in [0.15, 0.2) is 30.3 Å². The Balaban J connectivity index is 1.74. The van der Waals surface area contributed by atoms with Crippen molar-refractivity contribution in [3.05, 3.63) is 35.9 Å². The minimum atomic E-state index is -0.435. The molecule has 1 aliphatic heterocycles. The molecule has 132 valence electrons. The maximum absolute atomic E-state index is 12.0. The summed E-state index contributed by atoms with van der Waals surface area (Å²) < 4.78 is 10.6. The predicted octanol–water partition coefficient (Wildman–Crippen LogP) is 3.26. The van der Waals surface area contributed by atoms with E-state index in [0.717, 1.165) is 30.9 Å². The van der Waals surface area contributed by atoms with Gasteiger partial charge < -0.3 is 14.4 Å². The van der Waals surface area contributed by atoms with Gasteiger partial charge in [-0.15, -0.1) is 0 Å². The first-order valence-corrected chi connectivity index (χ1v) is 8.38. The SMILES string of the molecule is COc1ccc(/C=C/CN2CCN(C(=O)OC(C)(C)C)CC2)cc1. The third-order valence-electron chi connectivity index (χ3n) is 3.81. The van der Waals surface area contributed by atoms with E-state index in [2.05, 4.69) is 17.1 Å². The maximum atomic E-state index is 12.0. The first kappa shape index (κ1) is 18.3. The van der Waals surface area contributed by atoms with Gasteiger partial charge in [-0.2, -0.15) is 0 Å². The zero-order valence-electron chi connectivity index (χ0n) is 15.1. The first-order valence-electron chi connectivity index (χ1n) is 8.38. The molecule has 1 aromatic rings. The highest BCUT2D eigenvalue weighted by molar-refractivity contribution is 5.68. The molecule has 1 amide bonds. The molecule has 5 heteroatoms. The van der Waals surface area contributed by atoms with Crippen LogP contribution in [0, 0.1) is 0 Å². The summed E-state index contributed by atoms with van der Waals surface area (Å²) in [6, 6.07) is 7.99. The van der Waals surface area contributed by atoms with Crippen LogP contribution in [-0.2, 0) is 4.74 Å². The fraction of sp³-hybridized carbons (Fsp3) is 0.526. The Labute approximate surface area is 144 Å². The molecule has 5 nitrogen and oxygen atoms in total. The van der Waals surface area contributed by atoms with E-state index in [4.69, 9.17) is 9.47 Å². The molecular weight excluding hydrogens is 304 g/mol. The highest BCUT2D eigenvalue weighted by Crippen LogP contribution is 2.13. The monoisotopic (exact) mass is 332 g/mol. The number of amides is 1. The Morgan fingerprint density at radius 3 is 2.29 bits per heavy atom. The summed E-state index contributed by atoms with van der Waals surface area (Å²) in [4.78, 5) is 16.2. The summed E-state index contributed by atoms with van der Waals surface area (Å²) >= 11 is 0. The van der Waals surface area contributed by atoms with Gasteiger partial charge in [-0.05, 0) is 38.5 Å². The second-order valence-electron chi connectivity index (χ2n) is 6.94. The zero-order valence-corrected chi connectivity index (χ0v) is 15.1. The second kappa shape index (κ2) is 8.20. The Morgan fingerprint density at radius 2 is 1.75 bits per heavy atom. The van der Waals surface area contributed by atoms with Gasteiger partial charge in [0.05, 0.1) is 7.11 Å². The normalized spacial score (nSPS) is 16.4. The summed E-state index contributed by atoms with van der Waals surface area (Å²) in [6.07, 6.45) is 4.06. The summed E-state index contributed by atoms with van der Waals surface area (Å²) in [5, 5.41) is 0. The average Bonchev–Trinajstić information content (AvgIpc) is 2.54. The van der Waals surface area contributed by atoms with Crippen LogP contribution in [0.2, 0.25) is 0 Å². The second-order valence-corrected chi connectivity index (χ2v) is 6.94. The number of carbonyl (C=O) groups excluding carboxylic acids is 1. The van der Waals surface area contributed by atoms with E-state index in [0.29, 0.717) is 13.1 Å². The Kier molecular flexibility index (Phi) is 6.26. The van der Waals surface area contributed by atoms with Gasteiger partial charge in [-0.1, -0.05) is 24.3 Å². The van der Waals surface area contributed by atoms with Crippen LogP contribution in [0.1, 0.15) is 26.3 Å². The molecule has 1 aliphatic rings. The van der Waals surface area contributed by atoms with Crippen LogP contribution in [0.3, 0.4) is 0 Å². The molecule has 2 rings (SSSR count). The molecule has 1 saturated heterocycles. The predicted molar refractivity (Wildman–Crippen MR) is 96.3 cm³/mol. The van der Waals surface area contributed by atoms with Crippen molar-refractivity contribution in [1.82, 2.24) is 9.80 Å². The van der Waals surface area contributed by atoms with E-state index in [1.165, 1.54) is 0 Å². The maximum Gasteiger partial charge on any atom is 0.410 e. The van der Waals surface area contributed by atoms with Crippen LogP contribution in [0.4, 0.5) is 4.79 Å². The van der Waals surface area contributed by atoms with Gasteiger partial charge >= 0.3 is 6.09 Å². The number of carbonyl (C=O) groups is 1. The molecule has 0 radical (unpaired) electrons. The highest BCUT2D eigenvalue weighted by Gasteiger charge is 2.25. The minimum absolute atomic E-state index is 0.212. The number of nitrogens with zero attached hydrogens (tertiary/aromatic N) is 2. The Hall–Kier alpha value is -2.01. The quantitative estimate of drug-likeness (QED) is 0.849. The molecule has 0 unspecified atom stereocenters. The van der Waals surface area contributed by atoms with Gasteiger partial charge in [-0.3, -0.25) is 4.90 Å². The van der Waals surface area contributed by atoms with Crippen LogP contribution in [0.5, 0.6) is 5.75 Å². The largest absolute Gasteiger partial charge is 0.497 e. The van der Waals surface area contributed by atoms with Crippen molar-refractivity contribution >= 4 is 12.2 Å². The third kappa shape index (κ3) is 5.89. The van der Waals surface area contributed by atoms with Gasteiger partial charge in [0.1, 0.15) is 11.4 Å². The molecule has 0 aliphatic carbocycles. The first-order chi connectivity index (χ1) is 11.4. The summed E-state index contributed by atoms with van der Waals surface area (Å²) in [7, 11) is 1.67. The highest BCUT2D eigenvalue weighted by atomic mass is 16.6. The van der Waals surface area contributed by atoms with E-state index in [1.807, 2.05) is 45.0 Å². The molecule has 0 saturated carbocycles. The van der Waals surface area contributed by atoms with E-state index < -0.39 is 5.60 Å². The fourth-order valence-corrected chi connectivity index (χ4v) is 2.49. The lowest BCUT2D eigenvalue weighted by Crippen LogP contribution is -2.49. The van der Waals surface area contributed by atoms with Gasteiger partial charge in [0, 0.05) is 32.7 Å². The van der Waals surface area contributed by atoms with Crippen molar-refractivity contribution in [3.63, 3.8) is 0 Å². The van der Waals surface area contributed by atoms with Crippen LogP contribution < -0.4 is 4.74 Å². The summed E-state index contributed by atoms with van der Waals surface area (Å²) in [5.74, 6) is 0.866. The minimum Gasteiger partial charge on any atom is -0.497 e. The smallest absolute Gasteiger partial charge is 0.410 e. The Bertz CT molecular complexity index is 553. The van der Waals surface area contributed by atoms with E-state index in [1.54, 1.807) is 12.0 Å². The van der Waals surface area contributed by atoms with Crippen molar-refractivity contribution in [2.75, 3.05) is 39.8 Å². The van der Waals surface area contributed by atoms with Crippen LogP contribution in [-0.4, -0.2) is 61.3 Å². The number of hydrogen-bond donors (Lipinski definition) is 0. The number of rotatable bonds is 4. The molecule has 24 heavy (non-hydrogen) atoms. The van der Waals surface area contributed by atoms with Crippen molar-refractivity contribution in [1.29, 1.82) is 0 Å². The lowest BCUT2D eigenvalue weighted by atomic mass is 10.2. The fourth-order valence-electron chi connectivity index (χ4n) is 2.49. The molecular formula is C19H28N2O3. The van der Waals surface area contributed by atoms with Crippen molar-refractivity contribution in [2.24, 2.45) is 0 Å². The van der Waals surface area contributed by atoms with Crippen molar-refractivity contribution in [2.45, 2.75) is 26.4 Å². The van der Waals surface area contributed by atoms with Crippen LogP contribution >= 0.6 is 0 Å². The molecule has 0 atom stereocenters. The topological polar surface area (TPSA) is 42.0 Å². The van der Waals surface area contributed by atoms with E-state index in [-0.39, 0.29) is 6.09 Å². The number of methoxy groups -OCH3 is 1. The lowest BCUT2D eigenvalue weighted by Gasteiger charge is -2.35. The molecule has 0 N–H and O–H groups in total. The third-order valence-corrected chi connectivity index (χ3v) is 3.81. The van der Waals surface area contributed by atoms with Gasteiger partial charge in [0.15, 0.2) is 0 Å². The zero-order chi connectivity index (χ0) is 17.6. The number of ether oxygens (including phenoxy) is 2. The van der Waals surface area contributed by atoms with Gasteiger partial charge in [0.25, 0.3) is 0 Å². The van der Waals surface area contributed by atoms with E-state index >= 15 is 0 Å². The molecule has 0 aromatic heterocycles. The van der Waals surface area contributed by atoms with E-state index in [9.17, 15) is 4.79 Å².